The minimum absolute atomic E-state index is 0.240. The van der Waals surface area contributed by atoms with Crippen molar-refractivity contribution >= 4 is 5.91 Å². The Morgan fingerprint density at radius 3 is 2.36 bits per heavy atom. The zero-order valence-electron chi connectivity index (χ0n) is 17.6. The molecule has 154 valence electrons. The normalized spacial score (nSPS) is 26.5. The number of benzene rings is 1. The van der Waals surface area contributed by atoms with Crippen LogP contribution in [0.4, 0.5) is 0 Å². The fourth-order valence-electron chi connectivity index (χ4n) is 5.31. The zero-order chi connectivity index (χ0) is 19.3. The molecule has 3 fully saturated rings. The van der Waals surface area contributed by atoms with Crippen LogP contribution in [0.5, 0.6) is 0 Å². The van der Waals surface area contributed by atoms with Gasteiger partial charge in [0.1, 0.15) is 0 Å². The predicted molar refractivity (Wildman–Crippen MR) is 114 cm³/mol. The maximum absolute atomic E-state index is 13.0. The van der Waals surface area contributed by atoms with Gasteiger partial charge in [0.15, 0.2) is 0 Å². The van der Waals surface area contributed by atoms with Crippen molar-refractivity contribution in [3.63, 3.8) is 0 Å². The van der Waals surface area contributed by atoms with Crippen molar-refractivity contribution in [2.45, 2.75) is 58.0 Å². The van der Waals surface area contributed by atoms with Gasteiger partial charge in [0.25, 0.3) is 0 Å². The van der Waals surface area contributed by atoms with Gasteiger partial charge < -0.3 is 4.90 Å². The second-order valence-electron chi connectivity index (χ2n) is 9.33. The third-order valence-electron chi connectivity index (χ3n) is 7.22. The maximum atomic E-state index is 13.0. The first-order valence-electron chi connectivity index (χ1n) is 11.5. The topological polar surface area (TPSA) is 26.8 Å². The van der Waals surface area contributed by atoms with E-state index in [1.807, 2.05) is 0 Å². The quantitative estimate of drug-likeness (QED) is 0.794. The monoisotopic (exact) mass is 383 g/mol. The van der Waals surface area contributed by atoms with Crippen LogP contribution in [0, 0.1) is 11.8 Å². The fraction of sp³-hybridized carbons (Fsp3) is 0.708. The van der Waals surface area contributed by atoms with Gasteiger partial charge in [0.05, 0.1) is 5.92 Å². The lowest BCUT2D eigenvalue weighted by Crippen LogP contribution is -2.51. The lowest BCUT2D eigenvalue weighted by Gasteiger charge is -2.43. The molecule has 28 heavy (non-hydrogen) atoms. The molecular formula is C24H37N3O. The zero-order valence-corrected chi connectivity index (χ0v) is 17.6. The Bertz CT molecular complexity index is 618. The highest BCUT2D eigenvalue weighted by molar-refractivity contribution is 5.79. The molecule has 0 spiro atoms. The Balaban J connectivity index is 1.25. The van der Waals surface area contributed by atoms with Gasteiger partial charge in [-0.25, -0.2) is 0 Å². The SMILES string of the molecule is CC1CCN(C(=O)C2CCCN(C3CCN(Cc4ccccc4)CC3)C2)CC1. The fourth-order valence-corrected chi connectivity index (χ4v) is 5.31. The van der Waals surface area contributed by atoms with Crippen molar-refractivity contribution in [1.29, 1.82) is 0 Å². The van der Waals surface area contributed by atoms with E-state index in [2.05, 4.69) is 52.0 Å². The first kappa shape index (κ1) is 19.9. The number of likely N-dealkylation sites (tertiary alicyclic amines) is 3. The molecule has 0 saturated carbocycles. The molecule has 1 amide bonds. The minimum Gasteiger partial charge on any atom is -0.342 e. The maximum Gasteiger partial charge on any atom is 0.226 e. The molecule has 1 atom stereocenters. The number of hydrogen-bond acceptors (Lipinski definition) is 3. The number of amides is 1. The van der Waals surface area contributed by atoms with E-state index in [4.69, 9.17) is 0 Å². The Hall–Kier alpha value is -1.39. The molecule has 0 bridgehead atoms. The summed E-state index contributed by atoms with van der Waals surface area (Å²) in [6.45, 7) is 9.88. The van der Waals surface area contributed by atoms with E-state index in [1.165, 1.54) is 57.3 Å². The molecule has 0 aromatic heterocycles. The Kier molecular flexibility index (Phi) is 6.69. The summed E-state index contributed by atoms with van der Waals surface area (Å²) in [5.74, 6) is 1.47. The molecule has 3 saturated heterocycles. The molecule has 4 rings (SSSR count). The van der Waals surface area contributed by atoms with Crippen LogP contribution >= 0.6 is 0 Å². The van der Waals surface area contributed by atoms with Crippen molar-refractivity contribution in [3.05, 3.63) is 35.9 Å². The smallest absolute Gasteiger partial charge is 0.226 e. The molecule has 0 radical (unpaired) electrons. The highest BCUT2D eigenvalue weighted by Gasteiger charge is 2.34. The summed E-state index contributed by atoms with van der Waals surface area (Å²) in [5, 5.41) is 0. The molecule has 1 aromatic rings. The summed E-state index contributed by atoms with van der Waals surface area (Å²) in [6, 6.07) is 11.5. The van der Waals surface area contributed by atoms with Gasteiger partial charge in [-0.2, -0.15) is 0 Å². The molecule has 4 heteroatoms. The molecule has 0 N–H and O–H groups in total. The largest absolute Gasteiger partial charge is 0.342 e. The average molecular weight is 384 g/mol. The van der Waals surface area contributed by atoms with Crippen LogP contribution in [0.3, 0.4) is 0 Å². The summed E-state index contributed by atoms with van der Waals surface area (Å²) in [4.78, 5) is 20.4. The highest BCUT2D eigenvalue weighted by Crippen LogP contribution is 2.27. The van der Waals surface area contributed by atoms with Crippen LogP contribution < -0.4 is 0 Å². The third kappa shape index (κ3) is 4.96. The van der Waals surface area contributed by atoms with Gasteiger partial charge in [-0.15, -0.1) is 0 Å². The summed E-state index contributed by atoms with van der Waals surface area (Å²) in [7, 11) is 0. The number of carbonyl (C=O) groups is 1. The van der Waals surface area contributed by atoms with Crippen LogP contribution in [-0.4, -0.2) is 65.9 Å². The van der Waals surface area contributed by atoms with Gasteiger partial charge in [-0.1, -0.05) is 37.3 Å². The molecule has 3 aliphatic rings. The molecule has 3 aliphatic heterocycles. The van der Waals surface area contributed by atoms with Crippen LogP contribution in [0.15, 0.2) is 30.3 Å². The first-order chi connectivity index (χ1) is 13.7. The molecular weight excluding hydrogens is 346 g/mol. The first-order valence-corrected chi connectivity index (χ1v) is 11.5. The predicted octanol–water partition coefficient (Wildman–Crippen LogP) is 3.62. The van der Waals surface area contributed by atoms with Crippen molar-refractivity contribution < 1.29 is 4.79 Å². The van der Waals surface area contributed by atoms with E-state index < -0.39 is 0 Å². The van der Waals surface area contributed by atoms with Gasteiger partial charge >= 0.3 is 0 Å². The Labute approximate surface area is 170 Å². The second-order valence-corrected chi connectivity index (χ2v) is 9.33. The Morgan fingerprint density at radius 2 is 1.64 bits per heavy atom. The summed E-state index contributed by atoms with van der Waals surface area (Å²) in [6.07, 6.45) is 7.13. The number of rotatable bonds is 4. The van der Waals surface area contributed by atoms with Crippen molar-refractivity contribution in [3.8, 4) is 0 Å². The number of carbonyl (C=O) groups excluding carboxylic acids is 1. The second kappa shape index (κ2) is 9.41. The van der Waals surface area contributed by atoms with E-state index in [-0.39, 0.29) is 5.92 Å². The van der Waals surface area contributed by atoms with E-state index in [1.54, 1.807) is 0 Å². The standard InChI is InChI=1S/C24H37N3O/c1-20-9-16-26(17-10-20)24(28)22-8-5-13-27(19-22)23-11-14-25(15-12-23)18-21-6-3-2-4-7-21/h2-4,6-7,20,22-23H,5,8-19H2,1H3. The molecule has 0 aliphatic carbocycles. The van der Waals surface area contributed by atoms with Crippen molar-refractivity contribution in [2.75, 3.05) is 39.3 Å². The van der Waals surface area contributed by atoms with Crippen LogP contribution in [0.25, 0.3) is 0 Å². The average Bonchev–Trinajstić information content (AvgIpc) is 2.75. The van der Waals surface area contributed by atoms with Crippen LogP contribution in [-0.2, 0) is 11.3 Å². The summed E-state index contributed by atoms with van der Waals surface area (Å²) >= 11 is 0. The molecule has 3 heterocycles. The van der Waals surface area contributed by atoms with Gasteiger partial charge in [-0.05, 0) is 69.6 Å². The number of piperidine rings is 3. The third-order valence-corrected chi connectivity index (χ3v) is 7.22. The van der Waals surface area contributed by atoms with Crippen LogP contribution in [0.1, 0.15) is 51.0 Å². The lowest BCUT2D eigenvalue weighted by atomic mass is 9.91. The van der Waals surface area contributed by atoms with E-state index in [9.17, 15) is 4.79 Å². The van der Waals surface area contributed by atoms with Crippen molar-refractivity contribution in [1.82, 2.24) is 14.7 Å². The molecule has 1 unspecified atom stereocenters. The molecule has 4 nitrogen and oxygen atoms in total. The van der Waals surface area contributed by atoms with Crippen LogP contribution in [0.2, 0.25) is 0 Å². The van der Waals surface area contributed by atoms with Gasteiger partial charge in [0, 0.05) is 32.2 Å². The van der Waals surface area contributed by atoms with Gasteiger partial charge in [0.2, 0.25) is 5.91 Å². The number of hydrogen-bond donors (Lipinski definition) is 0. The summed E-state index contributed by atoms with van der Waals surface area (Å²) < 4.78 is 0. The Morgan fingerprint density at radius 1 is 0.929 bits per heavy atom. The lowest BCUT2D eigenvalue weighted by molar-refractivity contribution is -0.139. The highest BCUT2D eigenvalue weighted by atomic mass is 16.2. The molecule has 1 aromatic carbocycles. The van der Waals surface area contributed by atoms with Crippen molar-refractivity contribution in [2.24, 2.45) is 11.8 Å². The minimum atomic E-state index is 0.240. The van der Waals surface area contributed by atoms with E-state index in [0.29, 0.717) is 11.9 Å². The van der Waals surface area contributed by atoms with E-state index in [0.717, 1.165) is 38.5 Å². The van der Waals surface area contributed by atoms with Gasteiger partial charge in [-0.3, -0.25) is 14.6 Å². The summed E-state index contributed by atoms with van der Waals surface area (Å²) in [5.41, 5.74) is 1.42. The van der Waals surface area contributed by atoms with E-state index >= 15 is 0 Å². The number of nitrogens with zero attached hydrogens (tertiary/aromatic N) is 3.